The molecule has 7 heteroatoms. The van der Waals surface area contributed by atoms with E-state index in [2.05, 4.69) is 29.2 Å². The minimum Gasteiger partial charge on any atom is -0.390 e. The fraction of sp³-hybridized carbons (Fsp3) is 0.625. The summed E-state index contributed by atoms with van der Waals surface area (Å²) in [6.45, 7) is 16.0. The topological polar surface area (TPSA) is 93.5 Å². The molecule has 1 heterocycles. The highest BCUT2D eigenvalue weighted by molar-refractivity contribution is 5.56. The second-order valence-electron chi connectivity index (χ2n) is 9.80. The number of aromatic nitrogens is 2. The van der Waals surface area contributed by atoms with Crippen molar-refractivity contribution in [1.29, 1.82) is 0 Å². The van der Waals surface area contributed by atoms with Crippen LogP contribution in [0, 0.1) is 0 Å². The monoisotopic (exact) mass is 430 g/mol. The molecule has 31 heavy (non-hydrogen) atoms. The lowest BCUT2D eigenvalue weighted by Gasteiger charge is -2.47. The number of H-pyrrole nitrogens is 1. The molecule has 0 radical (unpaired) electrons. The third-order valence-electron chi connectivity index (χ3n) is 6.34. The van der Waals surface area contributed by atoms with Gasteiger partial charge in [0.15, 0.2) is 0 Å². The van der Waals surface area contributed by atoms with E-state index in [1.807, 2.05) is 58.9 Å². The van der Waals surface area contributed by atoms with Crippen LogP contribution in [-0.4, -0.2) is 51.3 Å². The van der Waals surface area contributed by atoms with Gasteiger partial charge in [-0.1, -0.05) is 13.8 Å². The van der Waals surface area contributed by atoms with E-state index in [1.165, 1.54) is 0 Å². The molecular formula is C24H38N4O3. The Hall–Kier alpha value is -2.25. The zero-order valence-corrected chi connectivity index (χ0v) is 19.8. The summed E-state index contributed by atoms with van der Waals surface area (Å²) in [6.07, 6.45) is -1.71. The lowest BCUT2D eigenvalue weighted by atomic mass is 9.69. The fourth-order valence-electron chi connectivity index (χ4n) is 4.47. The molecule has 1 fully saturated rings. The molecule has 1 aromatic heterocycles. The quantitative estimate of drug-likeness (QED) is 0.541. The lowest BCUT2D eigenvalue weighted by Crippen LogP contribution is -2.62. The van der Waals surface area contributed by atoms with Crippen molar-refractivity contribution in [3.8, 4) is 0 Å². The van der Waals surface area contributed by atoms with Gasteiger partial charge in [-0.25, -0.2) is 4.68 Å². The van der Waals surface area contributed by atoms with Crippen molar-refractivity contribution in [2.24, 2.45) is 0 Å². The molecule has 1 aromatic carbocycles. The van der Waals surface area contributed by atoms with E-state index in [0.29, 0.717) is 5.56 Å². The summed E-state index contributed by atoms with van der Waals surface area (Å²) in [6, 6.07) is 7.47. The summed E-state index contributed by atoms with van der Waals surface area (Å²) >= 11 is 0. The molecule has 0 spiro atoms. The molecule has 7 nitrogen and oxygen atoms in total. The van der Waals surface area contributed by atoms with Gasteiger partial charge in [-0.2, -0.15) is 0 Å². The molecule has 0 bridgehead atoms. The molecule has 0 amide bonds. The Bertz CT molecular complexity index is 925. The predicted octanol–water partition coefficient (Wildman–Crippen LogP) is 3.20. The third-order valence-corrected chi connectivity index (χ3v) is 6.34. The summed E-state index contributed by atoms with van der Waals surface area (Å²) in [5.41, 5.74) is 2.68. The van der Waals surface area contributed by atoms with Crippen LogP contribution in [0.1, 0.15) is 71.6 Å². The standard InChI is InChI=1S/C24H38N4O3/c1-8-27(9-2)16-12-10-15(11-13-16)25-20-21(29)18(22(20)30)17-19(14(3)4)26-28(23(17)31)24(5,6)7/h10-14,18,20-22,25-26,29-30H,8-9H2,1-7H3. The second kappa shape index (κ2) is 8.71. The van der Waals surface area contributed by atoms with Gasteiger partial charge in [0.2, 0.25) is 0 Å². The Morgan fingerprint density at radius 3 is 2.10 bits per heavy atom. The van der Waals surface area contributed by atoms with Gasteiger partial charge in [0.05, 0.1) is 23.8 Å². The number of rotatable bonds is 7. The summed E-state index contributed by atoms with van der Waals surface area (Å²) in [5, 5.41) is 28.3. The number of benzene rings is 1. The molecule has 2 unspecified atom stereocenters. The van der Waals surface area contributed by atoms with Gasteiger partial charge in [-0.3, -0.25) is 9.89 Å². The second-order valence-corrected chi connectivity index (χ2v) is 9.80. The maximum absolute atomic E-state index is 13.2. The fourth-order valence-corrected chi connectivity index (χ4v) is 4.47. The molecule has 4 N–H and O–H groups in total. The molecule has 0 aliphatic heterocycles. The number of nitrogens with zero attached hydrogens (tertiary/aromatic N) is 2. The zero-order chi connectivity index (χ0) is 23.1. The Labute approximate surface area is 185 Å². The van der Waals surface area contributed by atoms with Crippen LogP contribution in [0.3, 0.4) is 0 Å². The molecule has 172 valence electrons. The Morgan fingerprint density at radius 1 is 1.10 bits per heavy atom. The molecular weight excluding hydrogens is 392 g/mol. The highest BCUT2D eigenvalue weighted by Crippen LogP contribution is 2.41. The number of hydrogen-bond acceptors (Lipinski definition) is 5. The molecule has 2 atom stereocenters. The predicted molar refractivity (Wildman–Crippen MR) is 126 cm³/mol. The average Bonchev–Trinajstić information content (AvgIpc) is 3.06. The minimum absolute atomic E-state index is 0.0744. The van der Waals surface area contributed by atoms with Crippen LogP contribution in [0.4, 0.5) is 11.4 Å². The normalized spacial score (nSPS) is 23.7. The van der Waals surface area contributed by atoms with Crippen molar-refractivity contribution < 1.29 is 10.2 Å². The van der Waals surface area contributed by atoms with Crippen molar-refractivity contribution in [3.05, 3.63) is 45.9 Å². The smallest absolute Gasteiger partial charge is 0.270 e. The van der Waals surface area contributed by atoms with E-state index in [1.54, 1.807) is 4.68 Å². The molecule has 1 aliphatic carbocycles. The first-order valence-corrected chi connectivity index (χ1v) is 11.3. The first-order valence-electron chi connectivity index (χ1n) is 11.3. The number of anilines is 2. The van der Waals surface area contributed by atoms with Crippen molar-refractivity contribution in [2.75, 3.05) is 23.3 Å². The van der Waals surface area contributed by atoms with Gasteiger partial charge in [-0.15, -0.1) is 0 Å². The number of hydrogen-bond donors (Lipinski definition) is 4. The van der Waals surface area contributed by atoms with Crippen LogP contribution in [0.15, 0.2) is 29.1 Å². The van der Waals surface area contributed by atoms with Crippen LogP contribution in [0.25, 0.3) is 0 Å². The number of nitrogens with one attached hydrogen (secondary N) is 2. The summed E-state index contributed by atoms with van der Waals surface area (Å²) in [5.74, 6) is -0.539. The van der Waals surface area contributed by atoms with Gasteiger partial charge in [0.25, 0.3) is 5.56 Å². The molecule has 1 aliphatic rings. The summed E-state index contributed by atoms with van der Waals surface area (Å²) < 4.78 is 1.60. The maximum atomic E-state index is 13.2. The van der Waals surface area contributed by atoms with E-state index in [9.17, 15) is 15.0 Å². The minimum atomic E-state index is -0.855. The molecule has 3 rings (SSSR count). The SMILES string of the molecule is CCN(CC)c1ccc(NC2C(O)C(c3c(C(C)C)[nH]n(C(C)(C)C)c3=O)C2O)cc1. The Balaban J connectivity index is 1.82. The molecule has 2 aromatic rings. The highest BCUT2D eigenvalue weighted by atomic mass is 16.3. The maximum Gasteiger partial charge on any atom is 0.270 e. The van der Waals surface area contributed by atoms with E-state index in [0.717, 1.165) is 30.2 Å². The first-order chi connectivity index (χ1) is 14.5. The van der Waals surface area contributed by atoms with E-state index < -0.39 is 29.7 Å². The van der Waals surface area contributed by atoms with Gasteiger partial charge < -0.3 is 20.4 Å². The zero-order valence-electron chi connectivity index (χ0n) is 19.8. The molecule has 1 saturated carbocycles. The van der Waals surface area contributed by atoms with Crippen LogP contribution >= 0.6 is 0 Å². The Morgan fingerprint density at radius 2 is 1.65 bits per heavy atom. The molecule has 0 saturated heterocycles. The van der Waals surface area contributed by atoms with Gasteiger partial charge in [-0.05, 0) is 64.8 Å². The highest BCUT2D eigenvalue weighted by Gasteiger charge is 2.52. The van der Waals surface area contributed by atoms with Crippen molar-refractivity contribution in [3.63, 3.8) is 0 Å². The van der Waals surface area contributed by atoms with Crippen molar-refractivity contribution >= 4 is 11.4 Å². The van der Waals surface area contributed by atoms with Gasteiger partial charge in [0.1, 0.15) is 0 Å². The van der Waals surface area contributed by atoms with Crippen LogP contribution in [-0.2, 0) is 5.54 Å². The largest absolute Gasteiger partial charge is 0.390 e. The lowest BCUT2D eigenvalue weighted by molar-refractivity contribution is -0.0669. The van der Waals surface area contributed by atoms with E-state index >= 15 is 0 Å². The summed E-state index contributed by atoms with van der Waals surface area (Å²) in [7, 11) is 0. The number of aliphatic hydroxyl groups is 2. The van der Waals surface area contributed by atoms with Gasteiger partial charge in [0, 0.05) is 41.6 Å². The first kappa shape index (κ1) is 23.4. The summed E-state index contributed by atoms with van der Waals surface area (Å²) in [4.78, 5) is 15.4. The average molecular weight is 431 g/mol. The van der Waals surface area contributed by atoms with Gasteiger partial charge >= 0.3 is 0 Å². The van der Waals surface area contributed by atoms with Crippen LogP contribution in [0.2, 0.25) is 0 Å². The van der Waals surface area contributed by atoms with Crippen molar-refractivity contribution in [2.45, 2.75) is 84.1 Å². The third kappa shape index (κ3) is 4.26. The number of aliphatic hydroxyl groups excluding tert-OH is 2. The number of aromatic amines is 1. The Kier molecular flexibility index (Phi) is 6.58. The van der Waals surface area contributed by atoms with Crippen molar-refractivity contribution in [1.82, 2.24) is 9.78 Å². The van der Waals surface area contributed by atoms with Crippen LogP contribution < -0.4 is 15.8 Å². The van der Waals surface area contributed by atoms with E-state index in [4.69, 9.17) is 0 Å². The van der Waals surface area contributed by atoms with Crippen LogP contribution in [0.5, 0.6) is 0 Å². The van der Waals surface area contributed by atoms with E-state index in [-0.39, 0.29) is 11.5 Å².